The molecular formula is C20H23ClN2O3. The fraction of sp³-hybridized carbons (Fsp3) is 0.300. The highest BCUT2D eigenvalue weighted by molar-refractivity contribution is 6.33. The number of hydrogen-bond donors (Lipinski definition) is 1. The van der Waals surface area contributed by atoms with E-state index < -0.39 is 0 Å². The standard InChI is InChI=1S/C20H23ClN2O3/c1-20(2,3)15-8-6-13(7-9-15)19(24)23-22-12-14-10-17(25-4)18(26-5)11-16(14)21/h6-12H,1-5H3,(H,23,24)/b22-12+. The minimum absolute atomic E-state index is 0.0390. The zero-order valence-corrected chi connectivity index (χ0v) is 16.3. The average Bonchev–Trinajstić information content (AvgIpc) is 2.61. The van der Waals surface area contributed by atoms with Crippen LogP contribution < -0.4 is 14.9 Å². The molecule has 6 heteroatoms. The summed E-state index contributed by atoms with van der Waals surface area (Å²) in [6, 6.07) is 10.8. The SMILES string of the molecule is COc1cc(Cl)c(/C=N/NC(=O)c2ccc(C(C)(C)C)cc2)cc1OC. The lowest BCUT2D eigenvalue weighted by molar-refractivity contribution is 0.0955. The van der Waals surface area contributed by atoms with E-state index in [2.05, 4.69) is 31.3 Å². The Hall–Kier alpha value is -2.53. The predicted octanol–water partition coefficient (Wildman–Crippen LogP) is 4.42. The van der Waals surface area contributed by atoms with Crippen LogP contribution in [0.5, 0.6) is 11.5 Å². The molecule has 0 fully saturated rings. The maximum absolute atomic E-state index is 12.2. The van der Waals surface area contributed by atoms with Crippen LogP contribution in [0.4, 0.5) is 0 Å². The maximum Gasteiger partial charge on any atom is 0.271 e. The molecule has 0 unspecified atom stereocenters. The molecule has 1 N–H and O–H groups in total. The molecule has 0 aromatic heterocycles. The molecule has 0 radical (unpaired) electrons. The Kier molecular flexibility index (Phi) is 6.27. The zero-order valence-electron chi connectivity index (χ0n) is 15.6. The van der Waals surface area contributed by atoms with Gasteiger partial charge in [-0.05, 0) is 29.2 Å². The van der Waals surface area contributed by atoms with Crippen LogP contribution in [0.25, 0.3) is 0 Å². The van der Waals surface area contributed by atoms with Crippen molar-refractivity contribution in [2.45, 2.75) is 26.2 Å². The van der Waals surface area contributed by atoms with Gasteiger partial charge in [-0.2, -0.15) is 5.10 Å². The summed E-state index contributed by atoms with van der Waals surface area (Å²) in [5.74, 6) is 0.762. The van der Waals surface area contributed by atoms with E-state index in [0.29, 0.717) is 27.6 Å². The van der Waals surface area contributed by atoms with E-state index >= 15 is 0 Å². The largest absolute Gasteiger partial charge is 0.493 e. The Labute approximate surface area is 159 Å². The topological polar surface area (TPSA) is 59.9 Å². The van der Waals surface area contributed by atoms with Crippen LogP contribution in [-0.2, 0) is 5.41 Å². The third-order valence-electron chi connectivity index (χ3n) is 3.89. The molecule has 2 aromatic rings. The molecule has 138 valence electrons. The molecule has 0 saturated carbocycles. The van der Waals surface area contributed by atoms with Crippen molar-refractivity contribution in [3.63, 3.8) is 0 Å². The average molecular weight is 375 g/mol. The first-order valence-electron chi connectivity index (χ1n) is 8.11. The Morgan fingerprint density at radius 2 is 1.65 bits per heavy atom. The number of halogens is 1. The van der Waals surface area contributed by atoms with Gasteiger partial charge in [0.25, 0.3) is 5.91 Å². The summed E-state index contributed by atoms with van der Waals surface area (Å²) in [5.41, 5.74) is 4.84. The number of carbonyl (C=O) groups is 1. The third kappa shape index (κ3) is 4.76. The van der Waals surface area contributed by atoms with E-state index in [1.54, 1.807) is 24.3 Å². The number of nitrogens with zero attached hydrogens (tertiary/aromatic N) is 1. The van der Waals surface area contributed by atoms with Gasteiger partial charge in [0.1, 0.15) is 0 Å². The minimum atomic E-state index is -0.293. The summed E-state index contributed by atoms with van der Waals surface area (Å²) >= 11 is 6.19. The van der Waals surface area contributed by atoms with Crippen molar-refractivity contribution in [3.8, 4) is 11.5 Å². The quantitative estimate of drug-likeness (QED) is 0.622. The zero-order chi connectivity index (χ0) is 19.3. The van der Waals surface area contributed by atoms with E-state index in [-0.39, 0.29) is 11.3 Å². The van der Waals surface area contributed by atoms with Crippen molar-refractivity contribution >= 4 is 23.7 Å². The molecule has 1 amide bonds. The summed E-state index contributed by atoms with van der Waals surface area (Å²) in [7, 11) is 3.07. The number of carbonyl (C=O) groups excluding carboxylic acids is 1. The van der Waals surface area contributed by atoms with Gasteiger partial charge in [0, 0.05) is 17.2 Å². The lowest BCUT2D eigenvalue weighted by atomic mass is 9.87. The first-order chi connectivity index (χ1) is 12.3. The summed E-state index contributed by atoms with van der Waals surface area (Å²) in [6.07, 6.45) is 1.46. The molecule has 2 rings (SSSR count). The highest BCUT2D eigenvalue weighted by atomic mass is 35.5. The highest BCUT2D eigenvalue weighted by Gasteiger charge is 2.14. The highest BCUT2D eigenvalue weighted by Crippen LogP contribution is 2.32. The van der Waals surface area contributed by atoms with Crippen LogP contribution in [0.1, 0.15) is 42.3 Å². The van der Waals surface area contributed by atoms with Crippen molar-refractivity contribution in [3.05, 3.63) is 58.1 Å². The van der Waals surface area contributed by atoms with Gasteiger partial charge in [-0.15, -0.1) is 0 Å². The van der Waals surface area contributed by atoms with E-state index in [9.17, 15) is 4.79 Å². The Balaban J connectivity index is 2.09. The summed E-state index contributed by atoms with van der Waals surface area (Å²) in [5, 5.41) is 4.42. The molecule has 0 saturated heterocycles. The second kappa shape index (κ2) is 8.23. The Morgan fingerprint density at radius 3 is 2.19 bits per heavy atom. The van der Waals surface area contributed by atoms with Crippen LogP contribution in [-0.4, -0.2) is 26.3 Å². The van der Waals surface area contributed by atoms with Crippen molar-refractivity contribution in [2.24, 2.45) is 5.10 Å². The molecule has 0 aliphatic heterocycles. The second-order valence-corrected chi connectivity index (χ2v) is 7.16. The monoisotopic (exact) mass is 374 g/mol. The molecule has 0 aliphatic rings. The number of rotatable bonds is 5. The van der Waals surface area contributed by atoms with Crippen molar-refractivity contribution < 1.29 is 14.3 Å². The van der Waals surface area contributed by atoms with Crippen LogP contribution >= 0.6 is 11.6 Å². The summed E-state index contributed by atoms with van der Waals surface area (Å²) in [4.78, 5) is 12.2. The molecule has 0 atom stereocenters. The molecule has 2 aromatic carbocycles. The fourth-order valence-corrected chi connectivity index (χ4v) is 2.52. The van der Waals surface area contributed by atoms with Gasteiger partial charge >= 0.3 is 0 Å². The fourth-order valence-electron chi connectivity index (χ4n) is 2.32. The first kappa shape index (κ1) is 19.8. The van der Waals surface area contributed by atoms with Gasteiger partial charge < -0.3 is 9.47 Å². The number of methoxy groups -OCH3 is 2. The van der Waals surface area contributed by atoms with Crippen molar-refractivity contribution in [1.82, 2.24) is 5.43 Å². The maximum atomic E-state index is 12.2. The predicted molar refractivity (Wildman–Crippen MR) is 105 cm³/mol. The number of amides is 1. The molecule has 0 bridgehead atoms. The molecular weight excluding hydrogens is 352 g/mol. The van der Waals surface area contributed by atoms with Crippen molar-refractivity contribution in [1.29, 1.82) is 0 Å². The van der Waals surface area contributed by atoms with E-state index in [1.807, 2.05) is 12.1 Å². The molecule has 5 nitrogen and oxygen atoms in total. The van der Waals surface area contributed by atoms with Crippen LogP contribution in [0, 0.1) is 0 Å². The normalized spacial score (nSPS) is 11.5. The van der Waals surface area contributed by atoms with Crippen LogP contribution in [0.2, 0.25) is 5.02 Å². The number of nitrogens with one attached hydrogen (secondary N) is 1. The second-order valence-electron chi connectivity index (χ2n) is 6.76. The van der Waals surface area contributed by atoms with Gasteiger partial charge in [0.2, 0.25) is 0 Å². The van der Waals surface area contributed by atoms with E-state index in [4.69, 9.17) is 21.1 Å². The van der Waals surface area contributed by atoms with Crippen LogP contribution in [0.15, 0.2) is 41.5 Å². The van der Waals surface area contributed by atoms with Gasteiger partial charge in [0.15, 0.2) is 11.5 Å². The van der Waals surface area contributed by atoms with Gasteiger partial charge in [0.05, 0.1) is 25.5 Å². The first-order valence-corrected chi connectivity index (χ1v) is 8.49. The number of hydrogen-bond acceptors (Lipinski definition) is 4. The number of benzene rings is 2. The van der Waals surface area contributed by atoms with E-state index in [0.717, 1.165) is 5.56 Å². The number of hydrazone groups is 1. The van der Waals surface area contributed by atoms with Crippen LogP contribution in [0.3, 0.4) is 0 Å². The Bertz CT molecular complexity index is 809. The van der Waals surface area contributed by atoms with Crippen molar-refractivity contribution in [2.75, 3.05) is 14.2 Å². The minimum Gasteiger partial charge on any atom is -0.493 e. The number of ether oxygens (including phenoxy) is 2. The molecule has 0 spiro atoms. The summed E-state index contributed by atoms with van der Waals surface area (Å²) in [6.45, 7) is 6.37. The van der Waals surface area contributed by atoms with Gasteiger partial charge in [-0.25, -0.2) is 5.43 Å². The third-order valence-corrected chi connectivity index (χ3v) is 4.21. The van der Waals surface area contributed by atoms with E-state index in [1.165, 1.54) is 20.4 Å². The lowest BCUT2D eigenvalue weighted by Crippen LogP contribution is -2.18. The van der Waals surface area contributed by atoms with Gasteiger partial charge in [-0.1, -0.05) is 44.5 Å². The molecule has 0 aliphatic carbocycles. The molecule has 26 heavy (non-hydrogen) atoms. The Morgan fingerprint density at radius 1 is 1.08 bits per heavy atom. The lowest BCUT2D eigenvalue weighted by Gasteiger charge is -2.18. The smallest absolute Gasteiger partial charge is 0.271 e. The van der Waals surface area contributed by atoms with Gasteiger partial charge in [-0.3, -0.25) is 4.79 Å². The molecule has 0 heterocycles. The summed E-state index contributed by atoms with van der Waals surface area (Å²) < 4.78 is 10.4.